The number of anilines is 1. The minimum absolute atomic E-state index is 0.251. The van der Waals surface area contributed by atoms with Crippen LogP contribution in [0, 0.1) is 6.92 Å². The molecular formula is C26H19ClN4O3. The van der Waals surface area contributed by atoms with Gasteiger partial charge in [-0.15, -0.1) is 0 Å². The average molecular weight is 471 g/mol. The van der Waals surface area contributed by atoms with Gasteiger partial charge in [0.05, 0.1) is 6.54 Å². The number of aldehydes is 1. The Bertz CT molecular complexity index is 1500. The standard InChI is InChI=1S/C26H19ClN4O3/c1-16-9-22(26(33)29-24-8-7-17(15-32)13-28-24)30-31(16)14-20-11-21(27)10-19-12-23(34-25(19)20)18-5-3-2-4-6-18/h2-13,15H,14H2,1H3,(H,28,29,33). The molecule has 0 unspecified atom stereocenters. The van der Waals surface area contributed by atoms with Crippen LogP contribution in [0.2, 0.25) is 5.02 Å². The van der Waals surface area contributed by atoms with Crippen molar-refractivity contribution in [3.8, 4) is 11.3 Å². The van der Waals surface area contributed by atoms with Crippen LogP contribution in [-0.2, 0) is 6.54 Å². The molecule has 0 fully saturated rings. The van der Waals surface area contributed by atoms with Crippen molar-refractivity contribution in [2.75, 3.05) is 5.32 Å². The van der Waals surface area contributed by atoms with Crippen LogP contribution >= 0.6 is 11.6 Å². The summed E-state index contributed by atoms with van der Waals surface area (Å²) >= 11 is 6.39. The Morgan fingerprint density at radius 3 is 2.68 bits per heavy atom. The van der Waals surface area contributed by atoms with Crippen molar-refractivity contribution >= 4 is 40.6 Å². The number of aromatic nitrogens is 3. The van der Waals surface area contributed by atoms with Gasteiger partial charge in [0.2, 0.25) is 0 Å². The largest absolute Gasteiger partial charge is 0.456 e. The number of fused-ring (bicyclic) bond motifs is 1. The highest BCUT2D eigenvalue weighted by molar-refractivity contribution is 6.31. The summed E-state index contributed by atoms with van der Waals surface area (Å²) in [7, 11) is 0. The molecule has 3 aromatic heterocycles. The lowest BCUT2D eigenvalue weighted by atomic mass is 10.1. The summed E-state index contributed by atoms with van der Waals surface area (Å²) in [5, 5.41) is 8.66. The molecule has 3 heterocycles. The molecule has 5 aromatic rings. The first-order chi connectivity index (χ1) is 16.5. The highest BCUT2D eigenvalue weighted by Crippen LogP contribution is 2.32. The molecule has 0 atom stereocenters. The third-order valence-electron chi connectivity index (χ3n) is 5.41. The molecule has 0 saturated carbocycles. The minimum Gasteiger partial charge on any atom is -0.456 e. The van der Waals surface area contributed by atoms with Gasteiger partial charge in [-0.2, -0.15) is 5.10 Å². The third-order valence-corrected chi connectivity index (χ3v) is 5.63. The number of hydrogen-bond donors (Lipinski definition) is 1. The van der Waals surface area contributed by atoms with E-state index in [9.17, 15) is 9.59 Å². The molecule has 0 aliphatic carbocycles. The van der Waals surface area contributed by atoms with Gasteiger partial charge in [-0.25, -0.2) is 4.98 Å². The molecule has 0 spiro atoms. The van der Waals surface area contributed by atoms with Gasteiger partial charge in [-0.1, -0.05) is 41.9 Å². The van der Waals surface area contributed by atoms with Gasteiger partial charge in [0.15, 0.2) is 12.0 Å². The lowest BCUT2D eigenvalue weighted by Crippen LogP contribution is -2.14. The zero-order chi connectivity index (χ0) is 23.7. The van der Waals surface area contributed by atoms with Crippen molar-refractivity contribution in [2.45, 2.75) is 13.5 Å². The number of pyridine rings is 1. The quantitative estimate of drug-likeness (QED) is 0.318. The first-order valence-corrected chi connectivity index (χ1v) is 10.9. The predicted molar refractivity (Wildman–Crippen MR) is 130 cm³/mol. The molecule has 5 rings (SSSR count). The number of carbonyl (C=O) groups is 2. The summed E-state index contributed by atoms with van der Waals surface area (Å²) < 4.78 is 7.92. The van der Waals surface area contributed by atoms with Gasteiger partial charge in [-0.3, -0.25) is 14.3 Å². The molecule has 0 aliphatic heterocycles. The van der Waals surface area contributed by atoms with Gasteiger partial charge in [-0.05, 0) is 43.3 Å². The summed E-state index contributed by atoms with van der Waals surface area (Å²) in [6.07, 6.45) is 2.09. The van der Waals surface area contributed by atoms with E-state index in [1.165, 1.54) is 6.20 Å². The topological polar surface area (TPSA) is 90.0 Å². The maximum atomic E-state index is 12.7. The van der Waals surface area contributed by atoms with Gasteiger partial charge in [0.1, 0.15) is 17.2 Å². The SMILES string of the molecule is Cc1cc(C(=O)Nc2ccc(C=O)cn2)nn1Cc1cc(Cl)cc2cc(-c3ccccc3)oc12. The van der Waals surface area contributed by atoms with Crippen LogP contribution in [0.5, 0.6) is 0 Å². The fourth-order valence-electron chi connectivity index (χ4n) is 3.72. The van der Waals surface area contributed by atoms with Crippen molar-refractivity contribution in [1.82, 2.24) is 14.8 Å². The molecule has 1 N–H and O–H groups in total. The van der Waals surface area contributed by atoms with Crippen molar-refractivity contribution in [1.29, 1.82) is 0 Å². The fourth-order valence-corrected chi connectivity index (χ4v) is 3.97. The third kappa shape index (κ3) is 4.33. The Balaban J connectivity index is 1.42. The summed E-state index contributed by atoms with van der Waals surface area (Å²) in [5.41, 5.74) is 4.04. The molecular weight excluding hydrogens is 452 g/mol. The van der Waals surface area contributed by atoms with E-state index in [-0.39, 0.29) is 5.69 Å². The molecule has 0 radical (unpaired) electrons. The second-order valence-corrected chi connectivity index (χ2v) is 8.27. The molecule has 8 heteroatoms. The lowest BCUT2D eigenvalue weighted by molar-refractivity contribution is 0.102. The Hall–Kier alpha value is -4.23. The molecule has 1 amide bonds. The van der Waals surface area contributed by atoms with Crippen LogP contribution in [0.4, 0.5) is 5.82 Å². The van der Waals surface area contributed by atoms with Crippen LogP contribution < -0.4 is 5.32 Å². The van der Waals surface area contributed by atoms with Crippen LogP contribution in [0.15, 0.2) is 77.3 Å². The Kier molecular flexibility index (Phi) is 5.69. The van der Waals surface area contributed by atoms with Crippen LogP contribution in [0.1, 0.15) is 32.1 Å². The van der Waals surface area contributed by atoms with E-state index in [2.05, 4.69) is 15.4 Å². The number of amides is 1. The second kappa shape index (κ2) is 8.96. The minimum atomic E-state index is -0.395. The van der Waals surface area contributed by atoms with E-state index in [1.807, 2.05) is 55.5 Å². The van der Waals surface area contributed by atoms with Crippen molar-refractivity contribution in [3.05, 3.63) is 100 Å². The summed E-state index contributed by atoms with van der Waals surface area (Å²) in [4.78, 5) is 27.5. The van der Waals surface area contributed by atoms with Gasteiger partial charge < -0.3 is 9.73 Å². The number of benzene rings is 2. The molecule has 0 saturated heterocycles. The summed E-state index contributed by atoms with van der Waals surface area (Å²) in [6.45, 7) is 2.25. The predicted octanol–water partition coefficient (Wildman–Crippen LogP) is 5.77. The maximum Gasteiger partial charge on any atom is 0.277 e. The number of hydrogen-bond acceptors (Lipinski definition) is 5. The number of rotatable bonds is 6. The van der Waals surface area contributed by atoms with E-state index in [0.29, 0.717) is 29.2 Å². The van der Waals surface area contributed by atoms with E-state index >= 15 is 0 Å². The number of nitrogens with one attached hydrogen (secondary N) is 1. The van der Waals surface area contributed by atoms with Gasteiger partial charge in [0.25, 0.3) is 5.91 Å². The smallest absolute Gasteiger partial charge is 0.277 e. The van der Waals surface area contributed by atoms with Crippen LogP contribution in [-0.4, -0.2) is 27.0 Å². The van der Waals surface area contributed by atoms with Gasteiger partial charge in [0, 0.05) is 39.0 Å². The fraction of sp³-hybridized carbons (Fsp3) is 0.0769. The molecule has 34 heavy (non-hydrogen) atoms. The van der Waals surface area contributed by atoms with E-state index < -0.39 is 5.91 Å². The van der Waals surface area contributed by atoms with Crippen LogP contribution in [0.25, 0.3) is 22.3 Å². The average Bonchev–Trinajstić information content (AvgIpc) is 3.44. The number of carbonyl (C=O) groups excluding carboxylic acids is 2. The summed E-state index contributed by atoms with van der Waals surface area (Å²) in [5.74, 6) is 0.696. The van der Waals surface area contributed by atoms with E-state index in [4.69, 9.17) is 16.0 Å². The number of furan rings is 1. The normalized spacial score (nSPS) is 11.0. The number of halogens is 1. The first kappa shape index (κ1) is 21.6. The van der Waals surface area contributed by atoms with E-state index in [0.717, 1.165) is 33.6 Å². The lowest BCUT2D eigenvalue weighted by Gasteiger charge is -2.06. The van der Waals surface area contributed by atoms with Crippen molar-refractivity contribution < 1.29 is 14.0 Å². The van der Waals surface area contributed by atoms with Gasteiger partial charge >= 0.3 is 0 Å². The molecule has 0 bridgehead atoms. The van der Waals surface area contributed by atoms with Crippen molar-refractivity contribution in [3.63, 3.8) is 0 Å². The van der Waals surface area contributed by atoms with E-state index in [1.54, 1.807) is 22.9 Å². The highest BCUT2D eigenvalue weighted by Gasteiger charge is 2.16. The Labute approximate surface area is 200 Å². The Morgan fingerprint density at radius 2 is 1.94 bits per heavy atom. The highest BCUT2D eigenvalue weighted by atomic mass is 35.5. The monoisotopic (exact) mass is 470 g/mol. The van der Waals surface area contributed by atoms with Crippen molar-refractivity contribution in [2.24, 2.45) is 0 Å². The summed E-state index contributed by atoms with van der Waals surface area (Å²) in [6, 6.07) is 20.4. The number of nitrogens with zero attached hydrogens (tertiary/aromatic N) is 3. The molecule has 0 aliphatic rings. The second-order valence-electron chi connectivity index (χ2n) is 7.84. The molecule has 2 aromatic carbocycles. The Morgan fingerprint density at radius 1 is 1.12 bits per heavy atom. The zero-order valence-electron chi connectivity index (χ0n) is 18.2. The zero-order valence-corrected chi connectivity index (χ0v) is 18.9. The first-order valence-electron chi connectivity index (χ1n) is 10.5. The molecule has 7 nitrogen and oxygen atoms in total. The molecule has 168 valence electrons. The maximum absolute atomic E-state index is 12.7. The van der Waals surface area contributed by atoms with Crippen LogP contribution in [0.3, 0.4) is 0 Å². The number of aryl methyl sites for hydroxylation is 1.